The molecule has 1 aliphatic heterocycles. The van der Waals surface area contributed by atoms with Gasteiger partial charge in [0.15, 0.2) is 0 Å². The number of amides is 3. The normalized spacial score (nSPS) is 15.4. The fraction of sp³-hybridized carbons (Fsp3) is 0.0909. The molecule has 1 N–H and O–H groups in total. The van der Waals surface area contributed by atoms with Crippen LogP contribution >= 0.6 is 11.6 Å². The van der Waals surface area contributed by atoms with Crippen LogP contribution in [0.2, 0.25) is 5.02 Å². The number of imide groups is 1. The van der Waals surface area contributed by atoms with E-state index >= 15 is 0 Å². The maximum Gasteiger partial charge on any atom is 0.329 e. The molecular formula is C22H17ClN2O3. The summed E-state index contributed by atoms with van der Waals surface area (Å²) in [7, 11) is 0. The fourth-order valence-corrected chi connectivity index (χ4v) is 3.06. The number of furan rings is 1. The molecule has 0 spiro atoms. The van der Waals surface area contributed by atoms with Gasteiger partial charge in [-0.3, -0.25) is 9.69 Å². The van der Waals surface area contributed by atoms with Gasteiger partial charge in [0.05, 0.1) is 6.54 Å². The number of carbonyl (C=O) groups is 2. The third-order valence-corrected chi connectivity index (χ3v) is 4.72. The fourth-order valence-electron chi connectivity index (χ4n) is 2.93. The van der Waals surface area contributed by atoms with Crippen LogP contribution in [-0.2, 0) is 11.3 Å². The number of rotatable bonds is 4. The maximum absolute atomic E-state index is 12.6. The standard InChI is InChI=1S/C22H17ClN2O3/c1-14-2-4-15(5-3-14)13-25-21(26)19(24-22(25)27)12-18-10-11-20(28-18)16-6-8-17(23)9-7-16/h2-12H,13H2,1H3,(H,24,27)/b19-12-. The van der Waals surface area contributed by atoms with Gasteiger partial charge in [-0.05, 0) is 48.9 Å². The molecule has 4 rings (SSSR count). The van der Waals surface area contributed by atoms with Crippen molar-refractivity contribution >= 4 is 29.6 Å². The summed E-state index contributed by atoms with van der Waals surface area (Å²) in [6.45, 7) is 2.20. The Morgan fingerprint density at radius 1 is 1.00 bits per heavy atom. The smallest absolute Gasteiger partial charge is 0.329 e. The van der Waals surface area contributed by atoms with Crippen molar-refractivity contribution in [1.82, 2.24) is 10.2 Å². The van der Waals surface area contributed by atoms with E-state index in [-0.39, 0.29) is 18.1 Å². The number of carbonyl (C=O) groups excluding carboxylic acids is 2. The van der Waals surface area contributed by atoms with E-state index in [0.717, 1.165) is 16.7 Å². The zero-order valence-electron chi connectivity index (χ0n) is 15.1. The van der Waals surface area contributed by atoms with Crippen molar-refractivity contribution in [3.05, 3.63) is 88.3 Å². The Bertz CT molecular complexity index is 1070. The highest BCUT2D eigenvalue weighted by atomic mass is 35.5. The molecule has 0 aliphatic carbocycles. The Balaban J connectivity index is 1.52. The van der Waals surface area contributed by atoms with Crippen LogP contribution in [0.1, 0.15) is 16.9 Å². The second-order valence-corrected chi connectivity index (χ2v) is 7.01. The number of nitrogens with zero attached hydrogens (tertiary/aromatic N) is 1. The minimum absolute atomic E-state index is 0.189. The van der Waals surface area contributed by atoms with E-state index in [1.807, 2.05) is 43.3 Å². The predicted molar refractivity (Wildman–Crippen MR) is 107 cm³/mol. The molecule has 1 fully saturated rings. The highest BCUT2D eigenvalue weighted by molar-refractivity contribution is 6.30. The molecule has 3 aromatic rings. The molecule has 1 aliphatic rings. The van der Waals surface area contributed by atoms with Crippen LogP contribution < -0.4 is 5.32 Å². The van der Waals surface area contributed by atoms with Crippen LogP contribution in [0.25, 0.3) is 17.4 Å². The molecule has 140 valence electrons. The van der Waals surface area contributed by atoms with E-state index in [1.54, 1.807) is 24.3 Å². The van der Waals surface area contributed by atoms with E-state index in [9.17, 15) is 9.59 Å². The second kappa shape index (κ2) is 7.37. The number of hydrogen-bond acceptors (Lipinski definition) is 3. The summed E-state index contributed by atoms with van der Waals surface area (Å²) < 4.78 is 5.78. The quantitative estimate of drug-likeness (QED) is 0.502. The molecule has 0 bridgehead atoms. The summed E-state index contributed by atoms with van der Waals surface area (Å²) in [5.41, 5.74) is 3.07. The van der Waals surface area contributed by atoms with Gasteiger partial charge >= 0.3 is 6.03 Å². The molecule has 28 heavy (non-hydrogen) atoms. The van der Waals surface area contributed by atoms with E-state index in [4.69, 9.17) is 16.0 Å². The minimum Gasteiger partial charge on any atom is -0.457 e. The van der Waals surface area contributed by atoms with Crippen molar-refractivity contribution in [3.8, 4) is 11.3 Å². The Labute approximate surface area is 167 Å². The molecule has 0 saturated carbocycles. The first kappa shape index (κ1) is 18.1. The minimum atomic E-state index is -0.443. The molecule has 5 nitrogen and oxygen atoms in total. The zero-order valence-corrected chi connectivity index (χ0v) is 15.9. The topological polar surface area (TPSA) is 62.6 Å². The molecule has 0 radical (unpaired) electrons. The maximum atomic E-state index is 12.6. The van der Waals surface area contributed by atoms with Gasteiger partial charge in [-0.25, -0.2) is 4.79 Å². The first-order chi connectivity index (χ1) is 13.5. The average Bonchev–Trinajstić information content (AvgIpc) is 3.24. The highest BCUT2D eigenvalue weighted by Crippen LogP contribution is 2.25. The largest absolute Gasteiger partial charge is 0.457 e. The summed E-state index contributed by atoms with van der Waals surface area (Å²) >= 11 is 5.90. The van der Waals surface area contributed by atoms with E-state index < -0.39 is 6.03 Å². The molecule has 1 saturated heterocycles. The molecular weight excluding hydrogens is 376 g/mol. The summed E-state index contributed by atoms with van der Waals surface area (Å²) in [6, 6.07) is 18.1. The molecule has 0 atom stereocenters. The number of aryl methyl sites for hydroxylation is 1. The Morgan fingerprint density at radius 3 is 2.43 bits per heavy atom. The van der Waals surface area contributed by atoms with Crippen LogP contribution in [0.3, 0.4) is 0 Å². The number of benzene rings is 2. The predicted octanol–water partition coefficient (Wildman–Crippen LogP) is 5.00. The van der Waals surface area contributed by atoms with Crippen LogP contribution in [0.15, 0.2) is 70.8 Å². The van der Waals surface area contributed by atoms with Gasteiger partial charge in [-0.2, -0.15) is 0 Å². The molecule has 0 unspecified atom stereocenters. The lowest BCUT2D eigenvalue weighted by Crippen LogP contribution is -2.30. The van der Waals surface area contributed by atoms with Crippen LogP contribution in [0.4, 0.5) is 4.79 Å². The number of halogens is 1. The highest BCUT2D eigenvalue weighted by Gasteiger charge is 2.33. The van der Waals surface area contributed by atoms with Crippen molar-refractivity contribution in [2.45, 2.75) is 13.5 Å². The van der Waals surface area contributed by atoms with Crippen LogP contribution in [0.5, 0.6) is 0 Å². The number of nitrogens with one attached hydrogen (secondary N) is 1. The van der Waals surface area contributed by atoms with Gasteiger partial charge in [0.2, 0.25) is 0 Å². The monoisotopic (exact) mass is 392 g/mol. The Hall–Kier alpha value is -3.31. The van der Waals surface area contributed by atoms with Crippen LogP contribution in [-0.4, -0.2) is 16.8 Å². The van der Waals surface area contributed by atoms with Gasteiger partial charge in [0.25, 0.3) is 5.91 Å². The van der Waals surface area contributed by atoms with Crippen molar-refractivity contribution in [2.24, 2.45) is 0 Å². The van der Waals surface area contributed by atoms with Crippen molar-refractivity contribution in [3.63, 3.8) is 0 Å². The van der Waals surface area contributed by atoms with E-state index in [2.05, 4.69) is 5.32 Å². The van der Waals surface area contributed by atoms with E-state index in [0.29, 0.717) is 16.5 Å². The van der Waals surface area contributed by atoms with Crippen LogP contribution in [0, 0.1) is 6.92 Å². The van der Waals surface area contributed by atoms with Crippen molar-refractivity contribution in [1.29, 1.82) is 0 Å². The molecule has 3 amide bonds. The van der Waals surface area contributed by atoms with Gasteiger partial charge in [0.1, 0.15) is 17.2 Å². The summed E-state index contributed by atoms with van der Waals surface area (Å²) in [5.74, 6) is 0.748. The molecule has 1 aromatic heterocycles. The Morgan fingerprint density at radius 2 is 1.71 bits per heavy atom. The molecule has 2 aromatic carbocycles. The average molecular weight is 393 g/mol. The first-order valence-corrected chi connectivity index (χ1v) is 9.13. The molecule has 6 heteroatoms. The van der Waals surface area contributed by atoms with E-state index in [1.165, 1.54) is 11.0 Å². The van der Waals surface area contributed by atoms with Crippen molar-refractivity contribution < 1.29 is 14.0 Å². The summed E-state index contributed by atoms with van der Waals surface area (Å²) in [6.07, 6.45) is 1.54. The van der Waals surface area contributed by atoms with Gasteiger partial charge in [-0.1, -0.05) is 41.4 Å². The lowest BCUT2D eigenvalue weighted by molar-refractivity contribution is -0.123. The molecule has 2 heterocycles. The SMILES string of the molecule is Cc1ccc(CN2C(=O)N/C(=C\c3ccc(-c4ccc(Cl)cc4)o3)C2=O)cc1. The van der Waals surface area contributed by atoms with Gasteiger partial charge in [0, 0.05) is 16.7 Å². The Kier molecular flexibility index (Phi) is 4.75. The number of urea groups is 1. The summed E-state index contributed by atoms with van der Waals surface area (Å²) in [4.78, 5) is 26.0. The lowest BCUT2D eigenvalue weighted by atomic mass is 10.1. The second-order valence-electron chi connectivity index (χ2n) is 6.57. The zero-order chi connectivity index (χ0) is 19.7. The van der Waals surface area contributed by atoms with Gasteiger partial charge in [-0.15, -0.1) is 0 Å². The van der Waals surface area contributed by atoms with Crippen molar-refractivity contribution in [2.75, 3.05) is 0 Å². The van der Waals surface area contributed by atoms with Gasteiger partial charge < -0.3 is 9.73 Å². The summed E-state index contributed by atoms with van der Waals surface area (Å²) in [5, 5.41) is 3.26. The third kappa shape index (κ3) is 3.70. The first-order valence-electron chi connectivity index (χ1n) is 8.75. The third-order valence-electron chi connectivity index (χ3n) is 4.47. The number of hydrogen-bond donors (Lipinski definition) is 1. The lowest BCUT2D eigenvalue weighted by Gasteiger charge is -2.11.